The Morgan fingerprint density at radius 3 is 1.56 bits per heavy atom. The highest BCUT2D eigenvalue weighted by molar-refractivity contribution is 7.47. The fourth-order valence-electron chi connectivity index (χ4n) is 4.88. The molecule has 10 nitrogen and oxygen atoms in total. The van der Waals surface area contributed by atoms with Crippen LogP contribution in [0.2, 0.25) is 0 Å². The molecule has 0 aromatic rings. The Morgan fingerprint density at radius 1 is 0.556 bits per heavy atom. The molecule has 0 saturated carbocycles. The summed E-state index contributed by atoms with van der Waals surface area (Å²) in [6.07, 6.45) is 43.0. The van der Waals surface area contributed by atoms with Crippen molar-refractivity contribution in [1.29, 1.82) is 0 Å². The molecule has 0 aromatic heterocycles. The van der Waals surface area contributed by atoms with Crippen LogP contribution < -0.4 is 0 Å². The van der Waals surface area contributed by atoms with Gasteiger partial charge in [0.2, 0.25) is 0 Å². The largest absolute Gasteiger partial charge is 0.472 e. The molecule has 310 valence electrons. The molecule has 0 amide bonds. The van der Waals surface area contributed by atoms with E-state index in [9.17, 15) is 24.2 Å². The average molecular weight is 781 g/mol. The van der Waals surface area contributed by atoms with Crippen molar-refractivity contribution in [3.05, 3.63) is 72.9 Å². The van der Waals surface area contributed by atoms with Gasteiger partial charge in [0.15, 0.2) is 6.10 Å². The zero-order chi connectivity index (χ0) is 39.8. The predicted molar refractivity (Wildman–Crippen MR) is 219 cm³/mol. The van der Waals surface area contributed by atoms with Crippen molar-refractivity contribution in [3.8, 4) is 0 Å². The zero-order valence-electron chi connectivity index (χ0n) is 33.4. The molecule has 0 aliphatic rings. The molecule has 0 aliphatic carbocycles. The Hall–Kier alpha value is -2.59. The zero-order valence-corrected chi connectivity index (χ0v) is 34.3. The van der Waals surface area contributed by atoms with Crippen molar-refractivity contribution >= 4 is 19.8 Å². The average Bonchev–Trinajstić information content (AvgIpc) is 3.16. The van der Waals surface area contributed by atoms with E-state index in [1.54, 1.807) is 0 Å². The number of carbonyl (C=O) groups excluding carboxylic acids is 2. The highest BCUT2D eigenvalue weighted by Gasteiger charge is 2.27. The maximum Gasteiger partial charge on any atom is 0.472 e. The fraction of sp³-hybridized carbons (Fsp3) is 0.674. The molecule has 0 spiro atoms. The molecular formula is C43H73O10P. The normalized spacial score (nSPS) is 14.7. The topological polar surface area (TPSA) is 149 Å². The third-order valence-corrected chi connectivity index (χ3v) is 9.03. The van der Waals surface area contributed by atoms with Crippen LogP contribution in [0.3, 0.4) is 0 Å². The van der Waals surface area contributed by atoms with Gasteiger partial charge >= 0.3 is 19.8 Å². The third-order valence-electron chi connectivity index (χ3n) is 8.08. The van der Waals surface area contributed by atoms with E-state index >= 15 is 0 Å². The number of phosphoric acid groups is 1. The predicted octanol–water partition coefficient (Wildman–Crippen LogP) is 10.5. The number of esters is 2. The summed E-state index contributed by atoms with van der Waals surface area (Å²) in [5.74, 6) is -1.01. The van der Waals surface area contributed by atoms with Gasteiger partial charge in [0.1, 0.15) is 12.7 Å². The summed E-state index contributed by atoms with van der Waals surface area (Å²) < 4.78 is 32.6. The van der Waals surface area contributed by atoms with Gasteiger partial charge in [-0.1, -0.05) is 132 Å². The SMILES string of the molecule is CCCC/C=C\C/C=C\CCCCCCCC(=O)O[C@H](COC(=O)CCC/C=C\C/C=C\C/C=C\C/C=C\CCCCC)COP(=O)(O)OC[C@@H](O)CO. The number of unbranched alkanes of at least 4 members (excludes halogenated alkanes) is 11. The Balaban J connectivity index is 4.47. The molecule has 0 bridgehead atoms. The molecule has 0 fully saturated rings. The second-order valence-corrected chi connectivity index (χ2v) is 14.8. The molecule has 0 rings (SSSR count). The molecule has 3 atom stereocenters. The van der Waals surface area contributed by atoms with Crippen molar-refractivity contribution in [2.24, 2.45) is 0 Å². The Labute approximate surface area is 327 Å². The minimum atomic E-state index is -4.63. The number of hydrogen-bond donors (Lipinski definition) is 3. The quantitative estimate of drug-likeness (QED) is 0.0241. The number of rotatable bonds is 37. The van der Waals surface area contributed by atoms with Gasteiger partial charge in [0, 0.05) is 12.8 Å². The Morgan fingerprint density at radius 2 is 1.00 bits per heavy atom. The molecule has 3 N–H and O–H groups in total. The van der Waals surface area contributed by atoms with Crippen molar-refractivity contribution in [2.75, 3.05) is 26.4 Å². The van der Waals surface area contributed by atoms with Gasteiger partial charge in [-0.25, -0.2) is 4.57 Å². The van der Waals surface area contributed by atoms with E-state index in [1.807, 2.05) is 6.08 Å². The summed E-state index contributed by atoms with van der Waals surface area (Å²) in [7, 11) is -4.63. The minimum Gasteiger partial charge on any atom is -0.462 e. The molecule has 0 aliphatic heterocycles. The second kappa shape index (κ2) is 38.7. The van der Waals surface area contributed by atoms with Crippen LogP contribution in [0.5, 0.6) is 0 Å². The lowest BCUT2D eigenvalue weighted by Gasteiger charge is -2.20. The lowest BCUT2D eigenvalue weighted by Crippen LogP contribution is -2.29. The molecule has 0 aromatic carbocycles. The first kappa shape index (κ1) is 51.4. The number of carbonyl (C=O) groups is 2. The van der Waals surface area contributed by atoms with Crippen LogP contribution in [-0.4, -0.2) is 65.7 Å². The summed E-state index contributed by atoms with van der Waals surface area (Å²) in [5, 5.41) is 18.3. The van der Waals surface area contributed by atoms with Gasteiger partial charge < -0.3 is 24.6 Å². The van der Waals surface area contributed by atoms with Crippen LogP contribution in [-0.2, 0) is 32.7 Å². The third kappa shape index (κ3) is 37.7. The second-order valence-electron chi connectivity index (χ2n) is 13.3. The summed E-state index contributed by atoms with van der Waals surface area (Å²) in [6, 6.07) is 0. The van der Waals surface area contributed by atoms with E-state index in [2.05, 4.69) is 85.2 Å². The Bertz CT molecular complexity index is 1130. The first-order valence-electron chi connectivity index (χ1n) is 20.4. The van der Waals surface area contributed by atoms with Crippen molar-refractivity contribution in [2.45, 2.75) is 161 Å². The molecular weight excluding hydrogens is 707 g/mol. The molecule has 54 heavy (non-hydrogen) atoms. The lowest BCUT2D eigenvalue weighted by atomic mass is 10.1. The van der Waals surface area contributed by atoms with Gasteiger partial charge in [-0.15, -0.1) is 0 Å². The minimum absolute atomic E-state index is 0.153. The number of aliphatic hydroxyl groups excluding tert-OH is 2. The van der Waals surface area contributed by atoms with Crippen LogP contribution in [0.25, 0.3) is 0 Å². The lowest BCUT2D eigenvalue weighted by molar-refractivity contribution is -0.161. The van der Waals surface area contributed by atoms with Gasteiger partial charge in [0.05, 0.1) is 19.8 Å². The number of aliphatic hydroxyl groups is 2. The van der Waals surface area contributed by atoms with E-state index in [-0.39, 0.29) is 19.4 Å². The van der Waals surface area contributed by atoms with Crippen LogP contribution in [0, 0.1) is 0 Å². The highest BCUT2D eigenvalue weighted by Crippen LogP contribution is 2.43. The van der Waals surface area contributed by atoms with E-state index < -0.39 is 51.8 Å². The standard InChI is InChI=1S/C43H73O10P/c1-3-5-7-9-11-13-15-17-19-20-21-23-24-26-28-30-32-34-42(46)50-38-41(39-52-54(48,49)51-37-40(45)36-44)53-43(47)35-33-31-29-27-25-22-18-16-14-12-10-8-6-4-2/h10-13,16-19,21,23,26,28,40-41,44-45H,3-9,14-15,20,22,24-25,27,29-39H2,1-2H3,(H,48,49)/b12-10-,13-11-,18-16-,19-17-,23-21-,28-26-/t40-,41+/m0/s1. The van der Waals surface area contributed by atoms with Gasteiger partial charge in [-0.3, -0.25) is 18.6 Å². The number of ether oxygens (including phenoxy) is 2. The van der Waals surface area contributed by atoms with Crippen LogP contribution in [0.1, 0.15) is 149 Å². The monoisotopic (exact) mass is 780 g/mol. The summed E-state index contributed by atoms with van der Waals surface area (Å²) in [4.78, 5) is 34.9. The fourth-order valence-corrected chi connectivity index (χ4v) is 5.67. The summed E-state index contributed by atoms with van der Waals surface area (Å²) >= 11 is 0. The van der Waals surface area contributed by atoms with Gasteiger partial charge in [0.25, 0.3) is 0 Å². The van der Waals surface area contributed by atoms with Crippen molar-refractivity contribution in [1.82, 2.24) is 0 Å². The van der Waals surface area contributed by atoms with Crippen molar-refractivity contribution in [3.63, 3.8) is 0 Å². The van der Waals surface area contributed by atoms with Crippen LogP contribution in [0.4, 0.5) is 0 Å². The molecule has 0 radical (unpaired) electrons. The van der Waals surface area contributed by atoms with Gasteiger partial charge in [-0.05, 0) is 77.0 Å². The van der Waals surface area contributed by atoms with Crippen LogP contribution in [0.15, 0.2) is 72.9 Å². The van der Waals surface area contributed by atoms with E-state index in [0.29, 0.717) is 19.3 Å². The van der Waals surface area contributed by atoms with E-state index in [1.165, 1.54) is 32.1 Å². The molecule has 0 saturated heterocycles. The van der Waals surface area contributed by atoms with Crippen LogP contribution >= 0.6 is 7.82 Å². The van der Waals surface area contributed by atoms with E-state index in [0.717, 1.165) is 70.6 Å². The molecule has 1 unspecified atom stereocenters. The first-order chi connectivity index (χ1) is 26.2. The van der Waals surface area contributed by atoms with Gasteiger partial charge in [-0.2, -0.15) is 0 Å². The highest BCUT2D eigenvalue weighted by atomic mass is 31.2. The number of hydrogen-bond acceptors (Lipinski definition) is 9. The summed E-state index contributed by atoms with van der Waals surface area (Å²) in [6.45, 7) is 2.21. The summed E-state index contributed by atoms with van der Waals surface area (Å²) in [5.41, 5.74) is 0. The van der Waals surface area contributed by atoms with Crippen molar-refractivity contribution < 1.29 is 47.8 Å². The maximum absolute atomic E-state index is 12.6. The Kier molecular flexibility index (Phi) is 36.8. The smallest absolute Gasteiger partial charge is 0.462 e. The molecule has 0 heterocycles. The number of phosphoric ester groups is 1. The first-order valence-corrected chi connectivity index (χ1v) is 21.9. The molecule has 11 heteroatoms. The number of allylic oxidation sites excluding steroid dienone is 12. The maximum atomic E-state index is 12.6. The van der Waals surface area contributed by atoms with E-state index in [4.69, 9.17) is 19.1 Å².